The molecule has 0 bridgehead atoms. The zero-order valence-electron chi connectivity index (χ0n) is 14.6. The number of amides is 1. The van der Waals surface area contributed by atoms with Gasteiger partial charge in [-0.05, 0) is 39.0 Å². The second-order valence-electron chi connectivity index (χ2n) is 6.36. The van der Waals surface area contributed by atoms with Gasteiger partial charge in [-0.1, -0.05) is 0 Å². The first-order valence-electron chi connectivity index (χ1n) is 7.59. The van der Waals surface area contributed by atoms with E-state index in [9.17, 15) is 4.79 Å². The Labute approximate surface area is 142 Å². The number of pyridine rings is 1. The van der Waals surface area contributed by atoms with Crippen molar-refractivity contribution in [3.8, 4) is 11.5 Å². The molecular formula is C18H23N3O3. The molecule has 0 saturated heterocycles. The quantitative estimate of drug-likeness (QED) is 0.877. The second kappa shape index (κ2) is 7.21. The maximum atomic E-state index is 12.5. The van der Waals surface area contributed by atoms with Crippen LogP contribution in [0.15, 0.2) is 36.7 Å². The zero-order chi connectivity index (χ0) is 17.7. The van der Waals surface area contributed by atoms with E-state index < -0.39 is 0 Å². The summed E-state index contributed by atoms with van der Waals surface area (Å²) >= 11 is 0. The van der Waals surface area contributed by atoms with Gasteiger partial charge in [0.2, 0.25) is 0 Å². The summed E-state index contributed by atoms with van der Waals surface area (Å²) in [7, 11) is 3.12. The highest BCUT2D eigenvalue weighted by molar-refractivity contribution is 6.05. The van der Waals surface area contributed by atoms with Crippen LogP contribution in [0.3, 0.4) is 0 Å². The Balaban J connectivity index is 2.22. The first kappa shape index (κ1) is 17.6. The molecule has 0 aliphatic heterocycles. The Hall–Kier alpha value is -2.76. The van der Waals surface area contributed by atoms with Crippen molar-refractivity contribution in [3.05, 3.63) is 42.2 Å². The third kappa shape index (κ3) is 4.62. The Bertz CT molecular complexity index is 724. The van der Waals surface area contributed by atoms with E-state index in [-0.39, 0.29) is 11.4 Å². The van der Waals surface area contributed by atoms with Crippen LogP contribution in [0.2, 0.25) is 0 Å². The molecule has 0 spiro atoms. The van der Waals surface area contributed by atoms with Gasteiger partial charge in [0, 0.05) is 24.0 Å². The topological polar surface area (TPSA) is 72.5 Å². The summed E-state index contributed by atoms with van der Waals surface area (Å²) < 4.78 is 10.5. The molecule has 0 saturated carbocycles. The summed E-state index contributed by atoms with van der Waals surface area (Å²) in [6, 6.07) is 6.98. The molecule has 1 aromatic carbocycles. The number of anilines is 2. The second-order valence-corrected chi connectivity index (χ2v) is 6.36. The van der Waals surface area contributed by atoms with E-state index in [0.717, 1.165) is 5.69 Å². The molecule has 2 rings (SSSR count). The number of nitrogens with one attached hydrogen (secondary N) is 2. The number of rotatable bonds is 5. The van der Waals surface area contributed by atoms with Crippen molar-refractivity contribution in [1.29, 1.82) is 0 Å². The average Bonchev–Trinajstić information content (AvgIpc) is 2.53. The lowest BCUT2D eigenvalue weighted by molar-refractivity contribution is 0.102. The maximum Gasteiger partial charge on any atom is 0.257 e. The Kier molecular flexibility index (Phi) is 5.28. The van der Waals surface area contributed by atoms with Crippen molar-refractivity contribution in [3.63, 3.8) is 0 Å². The monoisotopic (exact) mass is 329 g/mol. The molecule has 128 valence electrons. The van der Waals surface area contributed by atoms with Gasteiger partial charge in [-0.3, -0.25) is 9.78 Å². The van der Waals surface area contributed by atoms with Crippen LogP contribution in [0.25, 0.3) is 0 Å². The predicted molar refractivity (Wildman–Crippen MR) is 95.1 cm³/mol. The minimum atomic E-state index is -0.272. The van der Waals surface area contributed by atoms with Gasteiger partial charge in [-0.25, -0.2) is 0 Å². The zero-order valence-corrected chi connectivity index (χ0v) is 14.6. The number of methoxy groups -OCH3 is 2. The third-order valence-electron chi connectivity index (χ3n) is 3.17. The summed E-state index contributed by atoms with van der Waals surface area (Å²) in [6.45, 7) is 6.13. The van der Waals surface area contributed by atoms with Crippen LogP contribution in [-0.2, 0) is 0 Å². The number of hydrogen-bond acceptors (Lipinski definition) is 5. The summed E-state index contributed by atoms with van der Waals surface area (Å²) in [5.41, 5.74) is 1.66. The highest BCUT2D eigenvalue weighted by atomic mass is 16.5. The van der Waals surface area contributed by atoms with Crippen LogP contribution in [0.4, 0.5) is 11.4 Å². The lowest BCUT2D eigenvalue weighted by atomic mass is 10.1. The van der Waals surface area contributed by atoms with E-state index in [4.69, 9.17) is 9.47 Å². The van der Waals surface area contributed by atoms with E-state index in [1.807, 2.05) is 20.8 Å². The maximum absolute atomic E-state index is 12.5. The fourth-order valence-corrected chi connectivity index (χ4v) is 2.17. The summed E-state index contributed by atoms with van der Waals surface area (Å²) in [5.74, 6) is 0.917. The number of aromatic nitrogens is 1. The molecule has 2 N–H and O–H groups in total. The molecule has 2 aromatic rings. The van der Waals surface area contributed by atoms with Crippen molar-refractivity contribution in [1.82, 2.24) is 4.98 Å². The van der Waals surface area contributed by atoms with Gasteiger partial charge in [0.05, 0.1) is 31.2 Å². The van der Waals surface area contributed by atoms with Gasteiger partial charge in [-0.2, -0.15) is 0 Å². The van der Waals surface area contributed by atoms with Crippen LogP contribution in [0, 0.1) is 0 Å². The van der Waals surface area contributed by atoms with Gasteiger partial charge >= 0.3 is 0 Å². The molecule has 0 unspecified atom stereocenters. The van der Waals surface area contributed by atoms with Crippen molar-refractivity contribution in [2.75, 3.05) is 24.9 Å². The Morgan fingerprint density at radius 2 is 1.83 bits per heavy atom. The Morgan fingerprint density at radius 1 is 1.08 bits per heavy atom. The molecule has 0 radical (unpaired) electrons. The summed E-state index contributed by atoms with van der Waals surface area (Å²) in [4.78, 5) is 16.7. The number of benzene rings is 1. The van der Waals surface area contributed by atoms with Gasteiger partial charge in [0.1, 0.15) is 11.5 Å². The SMILES string of the molecule is COc1ccc(OC)c(NC(=O)c2cncc(NC(C)(C)C)c2)c1. The van der Waals surface area contributed by atoms with Crippen molar-refractivity contribution < 1.29 is 14.3 Å². The minimum absolute atomic E-state index is 0.118. The van der Waals surface area contributed by atoms with Gasteiger partial charge < -0.3 is 20.1 Å². The van der Waals surface area contributed by atoms with E-state index in [1.54, 1.807) is 44.7 Å². The molecule has 1 heterocycles. The van der Waals surface area contributed by atoms with Crippen molar-refractivity contribution >= 4 is 17.3 Å². The largest absolute Gasteiger partial charge is 0.497 e. The van der Waals surface area contributed by atoms with Crippen molar-refractivity contribution in [2.45, 2.75) is 26.3 Å². The molecule has 6 nitrogen and oxygen atoms in total. The van der Waals surface area contributed by atoms with Crippen molar-refractivity contribution in [2.24, 2.45) is 0 Å². The van der Waals surface area contributed by atoms with Gasteiger partial charge in [0.15, 0.2) is 0 Å². The fraction of sp³-hybridized carbons (Fsp3) is 0.333. The normalized spacial score (nSPS) is 10.9. The van der Waals surface area contributed by atoms with Crippen LogP contribution in [0.5, 0.6) is 11.5 Å². The first-order valence-corrected chi connectivity index (χ1v) is 7.59. The van der Waals surface area contributed by atoms with E-state index in [1.165, 1.54) is 6.20 Å². The highest BCUT2D eigenvalue weighted by Gasteiger charge is 2.14. The van der Waals surface area contributed by atoms with E-state index in [2.05, 4.69) is 15.6 Å². The fourth-order valence-electron chi connectivity index (χ4n) is 2.17. The predicted octanol–water partition coefficient (Wildman–Crippen LogP) is 3.56. The van der Waals surface area contributed by atoms with E-state index >= 15 is 0 Å². The Morgan fingerprint density at radius 3 is 2.46 bits per heavy atom. The van der Waals surface area contributed by atoms with Crippen LogP contribution >= 0.6 is 0 Å². The average molecular weight is 329 g/mol. The smallest absolute Gasteiger partial charge is 0.257 e. The molecule has 1 amide bonds. The number of carbonyl (C=O) groups is 1. The van der Waals surface area contributed by atoms with Crippen LogP contribution in [-0.4, -0.2) is 30.6 Å². The third-order valence-corrected chi connectivity index (χ3v) is 3.17. The standard InChI is InChI=1S/C18H23N3O3/c1-18(2,3)21-13-8-12(10-19-11-13)17(22)20-15-9-14(23-4)6-7-16(15)24-5/h6-11,21H,1-5H3,(H,20,22). The molecule has 0 aliphatic rings. The summed E-state index contributed by atoms with van der Waals surface area (Å²) in [5, 5.41) is 6.12. The molecule has 6 heteroatoms. The molecule has 0 fully saturated rings. The minimum Gasteiger partial charge on any atom is -0.497 e. The van der Waals surface area contributed by atoms with Crippen LogP contribution < -0.4 is 20.1 Å². The van der Waals surface area contributed by atoms with Crippen LogP contribution in [0.1, 0.15) is 31.1 Å². The van der Waals surface area contributed by atoms with Gasteiger partial charge in [-0.15, -0.1) is 0 Å². The molecule has 0 aliphatic carbocycles. The number of nitrogens with zero attached hydrogens (tertiary/aromatic N) is 1. The number of ether oxygens (including phenoxy) is 2. The molecular weight excluding hydrogens is 306 g/mol. The lowest BCUT2D eigenvalue weighted by Crippen LogP contribution is -2.26. The van der Waals surface area contributed by atoms with Gasteiger partial charge in [0.25, 0.3) is 5.91 Å². The molecule has 0 atom stereocenters. The molecule has 1 aromatic heterocycles. The molecule has 24 heavy (non-hydrogen) atoms. The number of carbonyl (C=O) groups excluding carboxylic acids is 1. The lowest BCUT2D eigenvalue weighted by Gasteiger charge is -2.22. The van der Waals surface area contributed by atoms with E-state index in [0.29, 0.717) is 22.7 Å². The number of hydrogen-bond donors (Lipinski definition) is 2. The summed E-state index contributed by atoms with van der Waals surface area (Å²) in [6.07, 6.45) is 3.21. The highest BCUT2D eigenvalue weighted by Crippen LogP contribution is 2.29. The first-order chi connectivity index (χ1) is 11.3.